The van der Waals surface area contributed by atoms with Crippen LogP contribution in [0.25, 0.3) is 0 Å². The molecule has 0 aromatic rings. The first-order chi connectivity index (χ1) is 16.3. The monoisotopic (exact) mass is 482 g/mol. The van der Waals surface area contributed by atoms with Crippen LogP contribution in [0.2, 0.25) is 0 Å². The molecule has 1 aliphatic rings. The molecule has 0 heterocycles. The molecule has 194 valence electrons. The Hall–Kier alpha value is -2.36. The Morgan fingerprint density at radius 1 is 0.857 bits per heavy atom. The molecule has 1 fully saturated rings. The first kappa shape index (κ1) is 30.7. The highest BCUT2D eigenvalue weighted by Gasteiger charge is 2.55. The van der Waals surface area contributed by atoms with E-state index in [1.54, 1.807) is 6.92 Å². The second kappa shape index (κ2) is 14.3. The lowest BCUT2D eigenvalue weighted by molar-refractivity contribution is -0.155. The molecule has 2 unspecified atom stereocenters. The quantitative estimate of drug-likeness (QED) is 0.201. The second-order valence-electron chi connectivity index (χ2n) is 10.8. The van der Waals surface area contributed by atoms with E-state index in [0.717, 1.165) is 36.8 Å². The van der Waals surface area contributed by atoms with E-state index in [4.69, 9.17) is 0 Å². The lowest BCUT2D eigenvalue weighted by Crippen LogP contribution is -2.53. The Kier molecular flexibility index (Phi) is 12.5. The van der Waals surface area contributed by atoms with E-state index >= 15 is 0 Å². The van der Waals surface area contributed by atoms with Crippen molar-refractivity contribution in [3.8, 4) is 0 Å². The summed E-state index contributed by atoms with van der Waals surface area (Å²) < 4.78 is 0. The Labute approximate surface area is 213 Å². The summed E-state index contributed by atoms with van der Waals surface area (Å²) in [7, 11) is 0. The summed E-state index contributed by atoms with van der Waals surface area (Å²) in [6, 6.07) is 0. The fraction of sp³-hybridized carbons (Fsp3) is 0.613. The molecule has 0 amide bonds. The lowest BCUT2D eigenvalue weighted by Gasteiger charge is -2.36. The van der Waals surface area contributed by atoms with Gasteiger partial charge in [0.05, 0.1) is 11.8 Å². The van der Waals surface area contributed by atoms with Crippen LogP contribution in [0.1, 0.15) is 107 Å². The summed E-state index contributed by atoms with van der Waals surface area (Å²) >= 11 is 0. The maximum Gasteiger partial charge on any atom is 0.164 e. The van der Waals surface area contributed by atoms with Crippen molar-refractivity contribution in [3.63, 3.8) is 0 Å². The minimum Gasteiger partial charge on any atom is -0.298 e. The predicted molar refractivity (Wildman–Crippen MR) is 144 cm³/mol. The highest BCUT2D eigenvalue weighted by atomic mass is 16.2. The SMILES string of the molecule is CCC(C)C(=O)C1C(=O)CC(=O)C(CC=C(C)CCC=C(C)C)(CC=C(C)CCC=C(C)C)C1=O. The van der Waals surface area contributed by atoms with Crippen molar-refractivity contribution in [3.05, 3.63) is 46.6 Å². The van der Waals surface area contributed by atoms with Crippen molar-refractivity contribution in [2.75, 3.05) is 0 Å². The average Bonchev–Trinajstić information content (AvgIpc) is 2.77. The van der Waals surface area contributed by atoms with Gasteiger partial charge < -0.3 is 0 Å². The third kappa shape index (κ3) is 8.98. The standard InChI is InChI=1S/C31H46O4/c1-9-25(8)29(34)28-26(32)20-27(33)31(30(28)35,18-16-23(6)14-10-12-21(2)3)19-17-24(7)15-11-13-22(4)5/h12-13,16-17,25,28H,9-11,14-15,18-20H2,1-8H3. The minimum absolute atomic E-state index is 0.237. The van der Waals surface area contributed by atoms with Crippen LogP contribution in [0, 0.1) is 17.3 Å². The van der Waals surface area contributed by atoms with Gasteiger partial charge in [0.1, 0.15) is 5.92 Å². The molecule has 1 rings (SSSR count). The molecule has 4 nitrogen and oxygen atoms in total. The summed E-state index contributed by atoms with van der Waals surface area (Å²) in [5.74, 6) is -3.42. The summed E-state index contributed by atoms with van der Waals surface area (Å²) in [6.07, 6.45) is 12.5. The van der Waals surface area contributed by atoms with Crippen molar-refractivity contribution in [2.45, 2.75) is 107 Å². The van der Waals surface area contributed by atoms with Crippen molar-refractivity contribution in [1.82, 2.24) is 0 Å². The molecule has 2 atom stereocenters. The maximum atomic E-state index is 13.8. The molecular formula is C31H46O4. The summed E-state index contributed by atoms with van der Waals surface area (Å²) in [5.41, 5.74) is 3.37. The van der Waals surface area contributed by atoms with Gasteiger partial charge in [-0.1, -0.05) is 60.4 Å². The Balaban J connectivity index is 3.34. The fourth-order valence-corrected chi connectivity index (χ4v) is 4.35. The Morgan fingerprint density at radius 3 is 1.71 bits per heavy atom. The molecule has 0 N–H and O–H groups in total. The third-order valence-electron chi connectivity index (χ3n) is 7.09. The summed E-state index contributed by atoms with van der Waals surface area (Å²) in [5, 5.41) is 0. The van der Waals surface area contributed by atoms with Crippen molar-refractivity contribution < 1.29 is 19.2 Å². The molecule has 0 saturated heterocycles. The number of carbonyl (C=O) groups is 4. The zero-order valence-corrected chi connectivity index (χ0v) is 23.3. The number of rotatable bonds is 13. The van der Waals surface area contributed by atoms with E-state index in [-0.39, 0.29) is 36.7 Å². The van der Waals surface area contributed by atoms with E-state index in [0.29, 0.717) is 6.42 Å². The van der Waals surface area contributed by atoms with E-state index in [2.05, 4.69) is 39.8 Å². The molecule has 4 heteroatoms. The van der Waals surface area contributed by atoms with Gasteiger partial charge >= 0.3 is 0 Å². The van der Waals surface area contributed by atoms with Gasteiger partial charge in [0, 0.05) is 5.92 Å². The molecule has 35 heavy (non-hydrogen) atoms. The Morgan fingerprint density at radius 2 is 1.31 bits per heavy atom. The van der Waals surface area contributed by atoms with Gasteiger partial charge in [0.15, 0.2) is 23.1 Å². The van der Waals surface area contributed by atoms with Gasteiger partial charge in [0.2, 0.25) is 0 Å². The third-order valence-corrected chi connectivity index (χ3v) is 7.09. The van der Waals surface area contributed by atoms with E-state index in [1.807, 2.05) is 32.9 Å². The van der Waals surface area contributed by atoms with Gasteiger partial charge in [-0.3, -0.25) is 19.2 Å². The molecule has 0 aromatic heterocycles. The normalized spacial score (nSPS) is 22.2. The number of allylic oxidation sites excluding steroid dienone is 8. The van der Waals surface area contributed by atoms with Crippen LogP contribution in [0.3, 0.4) is 0 Å². The number of carbonyl (C=O) groups excluding carboxylic acids is 4. The summed E-state index contributed by atoms with van der Waals surface area (Å²) in [4.78, 5) is 52.9. The number of Topliss-reactive ketones (excluding diaryl/α,β-unsaturated/α-hetero) is 4. The van der Waals surface area contributed by atoms with Crippen LogP contribution in [0.4, 0.5) is 0 Å². The average molecular weight is 483 g/mol. The Bertz CT molecular complexity index is 878. The second-order valence-corrected chi connectivity index (χ2v) is 10.8. The zero-order valence-electron chi connectivity index (χ0n) is 23.3. The van der Waals surface area contributed by atoms with Crippen LogP contribution in [0.15, 0.2) is 46.6 Å². The highest BCUT2D eigenvalue weighted by Crippen LogP contribution is 2.41. The molecule has 0 spiro atoms. The van der Waals surface area contributed by atoms with Gasteiger partial charge in [-0.25, -0.2) is 0 Å². The largest absolute Gasteiger partial charge is 0.298 e. The highest BCUT2D eigenvalue weighted by molar-refractivity contribution is 6.33. The van der Waals surface area contributed by atoms with E-state index in [9.17, 15) is 19.2 Å². The minimum atomic E-state index is -1.35. The van der Waals surface area contributed by atoms with Gasteiger partial charge in [-0.05, 0) is 86.5 Å². The molecular weight excluding hydrogens is 436 g/mol. The van der Waals surface area contributed by atoms with Gasteiger partial charge in [-0.15, -0.1) is 0 Å². The van der Waals surface area contributed by atoms with Crippen LogP contribution < -0.4 is 0 Å². The molecule has 0 aromatic carbocycles. The van der Waals surface area contributed by atoms with Gasteiger partial charge in [-0.2, -0.15) is 0 Å². The molecule has 0 radical (unpaired) electrons. The topological polar surface area (TPSA) is 68.3 Å². The molecule has 1 aliphatic carbocycles. The smallest absolute Gasteiger partial charge is 0.164 e. The van der Waals surface area contributed by atoms with Gasteiger partial charge in [0.25, 0.3) is 0 Å². The lowest BCUT2D eigenvalue weighted by atomic mass is 9.61. The molecule has 0 bridgehead atoms. The van der Waals surface area contributed by atoms with Crippen molar-refractivity contribution in [1.29, 1.82) is 0 Å². The fourth-order valence-electron chi connectivity index (χ4n) is 4.35. The maximum absolute atomic E-state index is 13.8. The van der Waals surface area contributed by atoms with Crippen molar-refractivity contribution in [2.24, 2.45) is 17.3 Å². The zero-order chi connectivity index (χ0) is 26.8. The first-order valence-corrected chi connectivity index (χ1v) is 13.1. The van der Waals surface area contributed by atoms with Crippen molar-refractivity contribution >= 4 is 23.1 Å². The van der Waals surface area contributed by atoms with Crippen LogP contribution in [-0.2, 0) is 19.2 Å². The molecule has 0 aliphatic heterocycles. The number of hydrogen-bond acceptors (Lipinski definition) is 4. The van der Waals surface area contributed by atoms with Crippen LogP contribution in [-0.4, -0.2) is 23.1 Å². The molecule has 1 saturated carbocycles. The number of hydrogen-bond donors (Lipinski definition) is 0. The summed E-state index contributed by atoms with van der Waals surface area (Å²) in [6.45, 7) is 15.9. The van der Waals surface area contributed by atoms with E-state index in [1.165, 1.54) is 11.1 Å². The van der Waals surface area contributed by atoms with E-state index < -0.39 is 22.9 Å². The predicted octanol–water partition coefficient (Wildman–Crippen LogP) is 7.48. The number of ketones is 4. The van der Waals surface area contributed by atoms with Crippen LogP contribution >= 0.6 is 0 Å². The van der Waals surface area contributed by atoms with Crippen LogP contribution in [0.5, 0.6) is 0 Å². The first-order valence-electron chi connectivity index (χ1n) is 13.1.